The van der Waals surface area contributed by atoms with E-state index in [1.165, 1.54) is 0 Å². The summed E-state index contributed by atoms with van der Waals surface area (Å²) in [6.07, 6.45) is 1.43. The van der Waals surface area contributed by atoms with Crippen LogP contribution in [0.5, 0.6) is 5.88 Å². The molecule has 5 nitrogen and oxygen atoms in total. The molecule has 0 atom stereocenters. The first-order valence-electron chi connectivity index (χ1n) is 8.22. The molecule has 5 heteroatoms. The molecule has 124 valence electrons. The standard InChI is InChI=1S/C15H22N2O3.C2H6/c1-11-7-13(17-3-5-19-6-4-17)16-14(8-11)20-12-9-15(2,18)10-12;1-2/h7-8,12,18H,3-6,9-10H2,1-2H3;1-2H3. The van der Waals surface area contributed by atoms with E-state index in [9.17, 15) is 5.11 Å². The Morgan fingerprint density at radius 1 is 1.27 bits per heavy atom. The van der Waals surface area contributed by atoms with Crippen LogP contribution in [0.3, 0.4) is 0 Å². The molecule has 22 heavy (non-hydrogen) atoms. The average Bonchev–Trinajstić information content (AvgIpc) is 2.48. The minimum absolute atomic E-state index is 0.0804. The highest BCUT2D eigenvalue weighted by molar-refractivity contribution is 5.44. The van der Waals surface area contributed by atoms with E-state index in [1.54, 1.807) is 0 Å². The fourth-order valence-corrected chi connectivity index (χ4v) is 2.81. The van der Waals surface area contributed by atoms with Gasteiger partial charge in [-0.15, -0.1) is 0 Å². The lowest BCUT2D eigenvalue weighted by atomic mass is 9.79. The molecule has 2 heterocycles. The number of pyridine rings is 1. The Morgan fingerprint density at radius 2 is 1.91 bits per heavy atom. The van der Waals surface area contributed by atoms with Crippen LogP contribution in [-0.4, -0.2) is 48.1 Å². The van der Waals surface area contributed by atoms with E-state index in [0.717, 1.165) is 37.7 Å². The van der Waals surface area contributed by atoms with Crippen molar-refractivity contribution in [1.29, 1.82) is 0 Å². The van der Waals surface area contributed by atoms with Crippen LogP contribution in [0.1, 0.15) is 39.2 Å². The smallest absolute Gasteiger partial charge is 0.215 e. The molecule has 1 aromatic heterocycles. The van der Waals surface area contributed by atoms with Crippen LogP contribution < -0.4 is 9.64 Å². The molecule has 2 aliphatic rings. The fraction of sp³-hybridized carbons (Fsp3) is 0.706. The Balaban J connectivity index is 0.000000847. The Bertz CT molecular complexity index is 477. The van der Waals surface area contributed by atoms with Crippen molar-refractivity contribution in [3.8, 4) is 5.88 Å². The van der Waals surface area contributed by atoms with Crippen molar-refractivity contribution in [1.82, 2.24) is 4.98 Å². The van der Waals surface area contributed by atoms with Gasteiger partial charge in [0, 0.05) is 32.0 Å². The maximum atomic E-state index is 9.75. The second-order valence-corrected chi connectivity index (χ2v) is 6.09. The minimum Gasteiger partial charge on any atom is -0.474 e. The lowest BCUT2D eigenvalue weighted by molar-refractivity contribution is -0.0902. The van der Waals surface area contributed by atoms with E-state index >= 15 is 0 Å². The van der Waals surface area contributed by atoms with Crippen molar-refractivity contribution >= 4 is 5.82 Å². The van der Waals surface area contributed by atoms with Gasteiger partial charge in [-0.05, 0) is 25.5 Å². The molecule has 1 saturated carbocycles. The molecule has 1 saturated heterocycles. The Morgan fingerprint density at radius 3 is 2.50 bits per heavy atom. The lowest BCUT2D eigenvalue weighted by Gasteiger charge is -2.40. The van der Waals surface area contributed by atoms with Crippen LogP contribution in [0.15, 0.2) is 12.1 Å². The quantitative estimate of drug-likeness (QED) is 0.930. The molecule has 3 rings (SSSR count). The number of morpholine rings is 1. The molecule has 1 N–H and O–H groups in total. The molecule has 0 spiro atoms. The summed E-state index contributed by atoms with van der Waals surface area (Å²) in [4.78, 5) is 6.82. The van der Waals surface area contributed by atoms with E-state index in [1.807, 2.05) is 26.8 Å². The highest BCUT2D eigenvalue weighted by Gasteiger charge is 2.40. The predicted molar refractivity (Wildman–Crippen MR) is 87.6 cm³/mol. The van der Waals surface area contributed by atoms with Crippen LogP contribution in [-0.2, 0) is 4.74 Å². The third-order valence-corrected chi connectivity index (χ3v) is 3.89. The van der Waals surface area contributed by atoms with Crippen molar-refractivity contribution in [2.45, 2.75) is 52.2 Å². The van der Waals surface area contributed by atoms with Crippen LogP contribution >= 0.6 is 0 Å². The van der Waals surface area contributed by atoms with E-state index in [-0.39, 0.29) is 6.10 Å². The van der Waals surface area contributed by atoms with Crippen molar-refractivity contribution in [3.05, 3.63) is 17.7 Å². The number of ether oxygens (including phenoxy) is 2. The second-order valence-electron chi connectivity index (χ2n) is 6.09. The van der Waals surface area contributed by atoms with Gasteiger partial charge in [-0.1, -0.05) is 13.8 Å². The number of aliphatic hydroxyl groups is 1. The second kappa shape index (κ2) is 7.29. The summed E-state index contributed by atoms with van der Waals surface area (Å²) in [5.41, 5.74) is 0.573. The van der Waals surface area contributed by atoms with Gasteiger partial charge in [-0.25, -0.2) is 0 Å². The number of rotatable bonds is 3. The maximum Gasteiger partial charge on any atom is 0.215 e. The summed E-state index contributed by atoms with van der Waals surface area (Å²) >= 11 is 0. The van der Waals surface area contributed by atoms with Crippen LogP contribution in [0.4, 0.5) is 5.82 Å². The molecular formula is C17H28N2O3. The van der Waals surface area contributed by atoms with Gasteiger partial charge in [0.05, 0.1) is 18.8 Å². The van der Waals surface area contributed by atoms with E-state index in [0.29, 0.717) is 18.7 Å². The highest BCUT2D eigenvalue weighted by Crippen LogP contribution is 2.34. The maximum absolute atomic E-state index is 9.75. The van der Waals surface area contributed by atoms with Crippen molar-refractivity contribution in [2.75, 3.05) is 31.2 Å². The normalized spacial score (nSPS) is 27.5. The summed E-state index contributed by atoms with van der Waals surface area (Å²) in [6, 6.07) is 4.03. The Kier molecular flexibility index (Phi) is 5.64. The molecule has 0 amide bonds. The molecule has 1 aliphatic carbocycles. The number of nitrogens with zero attached hydrogens (tertiary/aromatic N) is 2. The zero-order valence-corrected chi connectivity index (χ0v) is 14.1. The third kappa shape index (κ3) is 4.34. The Hall–Kier alpha value is -1.33. The summed E-state index contributed by atoms with van der Waals surface area (Å²) < 4.78 is 11.2. The molecular weight excluding hydrogens is 280 g/mol. The topological polar surface area (TPSA) is 54.8 Å². The molecule has 0 aromatic carbocycles. The van der Waals surface area contributed by atoms with Crippen molar-refractivity contribution in [3.63, 3.8) is 0 Å². The largest absolute Gasteiger partial charge is 0.474 e. The molecule has 0 unspecified atom stereocenters. The fourth-order valence-electron chi connectivity index (χ4n) is 2.81. The molecule has 1 aromatic rings. The van der Waals surface area contributed by atoms with Crippen LogP contribution in [0.2, 0.25) is 0 Å². The van der Waals surface area contributed by atoms with Gasteiger partial charge in [-0.2, -0.15) is 4.98 Å². The third-order valence-electron chi connectivity index (χ3n) is 3.89. The monoisotopic (exact) mass is 308 g/mol. The van der Waals surface area contributed by atoms with Gasteiger partial charge in [0.1, 0.15) is 11.9 Å². The van der Waals surface area contributed by atoms with Crippen LogP contribution in [0, 0.1) is 6.92 Å². The van der Waals surface area contributed by atoms with E-state index in [4.69, 9.17) is 9.47 Å². The first-order chi connectivity index (χ1) is 10.5. The summed E-state index contributed by atoms with van der Waals surface area (Å²) in [7, 11) is 0. The number of anilines is 1. The highest BCUT2D eigenvalue weighted by atomic mass is 16.5. The first kappa shape index (κ1) is 17.0. The van der Waals surface area contributed by atoms with Gasteiger partial charge in [0.2, 0.25) is 5.88 Å². The zero-order chi connectivity index (χ0) is 16.2. The molecule has 0 radical (unpaired) electrons. The number of aryl methyl sites for hydroxylation is 1. The predicted octanol–water partition coefficient (Wildman–Crippen LogP) is 2.55. The first-order valence-corrected chi connectivity index (χ1v) is 8.22. The average molecular weight is 308 g/mol. The van der Waals surface area contributed by atoms with Crippen molar-refractivity contribution < 1.29 is 14.6 Å². The molecule has 0 bridgehead atoms. The molecule has 1 aliphatic heterocycles. The minimum atomic E-state index is -0.568. The molecule has 2 fully saturated rings. The summed E-state index contributed by atoms with van der Waals surface area (Å²) in [5, 5.41) is 9.75. The van der Waals surface area contributed by atoms with Gasteiger partial charge in [-0.3, -0.25) is 0 Å². The van der Waals surface area contributed by atoms with Gasteiger partial charge < -0.3 is 19.5 Å². The summed E-state index contributed by atoms with van der Waals surface area (Å²) in [5.74, 6) is 1.61. The van der Waals surface area contributed by atoms with Crippen molar-refractivity contribution in [2.24, 2.45) is 0 Å². The summed E-state index contributed by atoms with van der Waals surface area (Å²) in [6.45, 7) is 11.1. The number of aromatic nitrogens is 1. The number of hydrogen-bond donors (Lipinski definition) is 1. The van der Waals surface area contributed by atoms with E-state index < -0.39 is 5.60 Å². The van der Waals surface area contributed by atoms with Gasteiger partial charge in [0.15, 0.2) is 0 Å². The zero-order valence-electron chi connectivity index (χ0n) is 14.1. The SMILES string of the molecule is CC.Cc1cc(OC2CC(C)(O)C2)nc(N2CCOCC2)c1. The Labute approximate surface area is 133 Å². The number of hydrogen-bond acceptors (Lipinski definition) is 5. The van der Waals surface area contributed by atoms with E-state index in [2.05, 4.69) is 22.9 Å². The van der Waals surface area contributed by atoms with Gasteiger partial charge >= 0.3 is 0 Å². The lowest BCUT2D eigenvalue weighted by Crippen LogP contribution is -2.47. The van der Waals surface area contributed by atoms with Crippen LogP contribution in [0.25, 0.3) is 0 Å². The van der Waals surface area contributed by atoms with Gasteiger partial charge in [0.25, 0.3) is 0 Å².